The second-order valence-corrected chi connectivity index (χ2v) is 5.77. The van der Waals surface area contributed by atoms with Crippen molar-refractivity contribution in [1.29, 1.82) is 0 Å². The molecule has 0 unspecified atom stereocenters. The van der Waals surface area contributed by atoms with E-state index in [2.05, 4.69) is 15.5 Å². The van der Waals surface area contributed by atoms with Crippen LogP contribution in [0, 0.1) is 10.1 Å². The number of nitro benzene ring substituents is 1. The number of thiazole rings is 1. The van der Waals surface area contributed by atoms with E-state index in [-0.39, 0.29) is 23.8 Å². The number of rotatable bonds is 9. The lowest BCUT2D eigenvalue weighted by molar-refractivity contribution is -0.385. The number of carbonyl (C=O) groups is 1. The zero-order chi connectivity index (χ0) is 18.9. The van der Waals surface area contributed by atoms with E-state index < -0.39 is 4.92 Å². The van der Waals surface area contributed by atoms with Crippen LogP contribution in [0.1, 0.15) is 25.1 Å². The molecule has 0 saturated carbocycles. The average molecular weight is 378 g/mol. The van der Waals surface area contributed by atoms with Crippen LogP contribution in [0.4, 0.5) is 10.8 Å². The van der Waals surface area contributed by atoms with Gasteiger partial charge in [-0.15, -0.1) is 11.3 Å². The maximum atomic E-state index is 11.4. The van der Waals surface area contributed by atoms with Crippen molar-refractivity contribution < 1.29 is 19.2 Å². The van der Waals surface area contributed by atoms with Gasteiger partial charge in [-0.3, -0.25) is 20.3 Å². The largest absolute Gasteiger partial charge is 0.487 e. The van der Waals surface area contributed by atoms with Crippen molar-refractivity contribution >= 4 is 34.3 Å². The van der Waals surface area contributed by atoms with Gasteiger partial charge in [0.05, 0.1) is 36.5 Å². The van der Waals surface area contributed by atoms with Crippen LogP contribution in [-0.4, -0.2) is 35.3 Å². The number of hydrogen-bond donors (Lipinski definition) is 1. The molecule has 138 valence electrons. The van der Waals surface area contributed by atoms with Crippen molar-refractivity contribution in [3.05, 3.63) is 45.0 Å². The first-order valence-corrected chi connectivity index (χ1v) is 8.71. The lowest BCUT2D eigenvalue weighted by atomic mass is 10.2. The van der Waals surface area contributed by atoms with Crippen molar-refractivity contribution in [3.63, 3.8) is 0 Å². The van der Waals surface area contributed by atoms with Gasteiger partial charge in [-0.05, 0) is 26.0 Å². The second kappa shape index (κ2) is 9.47. The van der Waals surface area contributed by atoms with Crippen LogP contribution in [0.5, 0.6) is 5.75 Å². The highest BCUT2D eigenvalue weighted by Crippen LogP contribution is 2.27. The third-order valence-electron chi connectivity index (χ3n) is 3.04. The smallest absolute Gasteiger partial charge is 0.311 e. The average Bonchev–Trinajstić information content (AvgIpc) is 3.03. The summed E-state index contributed by atoms with van der Waals surface area (Å²) in [6, 6.07) is 4.57. The van der Waals surface area contributed by atoms with Crippen molar-refractivity contribution in [2.45, 2.75) is 20.3 Å². The minimum absolute atomic E-state index is 0.0980. The van der Waals surface area contributed by atoms with Gasteiger partial charge in [0.1, 0.15) is 0 Å². The Morgan fingerprint density at radius 1 is 1.42 bits per heavy atom. The summed E-state index contributed by atoms with van der Waals surface area (Å²) < 4.78 is 10.1. The Balaban J connectivity index is 2.00. The minimum Gasteiger partial charge on any atom is -0.487 e. The monoisotopic (exact) mass is 378 g/mol. The molecule has 10 heteroatoms. The summed E-state index contributed by atoms with van der Waals surface area (Å²) in [5, 5.41) is 17.3. The molecule has 1 aromatic heterocycles. The molecule has 26 heavy (non-hydrogen) atoms. The Morgan fingerprint density at radius 3 is 2.92 bits per heavy atom. The van der Waals surface area contributed by atoms with Gasteiger partial charge < -0.3 is 9.47 Å². The molecule has 0 fully saturated rings. The minimum atomic E-state index is -0.502. The molecule has 1 aromatic carbocycles. The van der Waals surface area contributed by atoms with Crippen molar-refractivity contribution in [3.8, 4) is 5.75 Å². The van der Waals surface area contributed by atoms with E-state index >= 15 is 0 Å². The van der Waals surface area contributed by atoms with E-state index in [4.69, 9.17) is 9.47 Å². The van der Waals surface area contributed by atoms with Gasteiger partial charge in [-0.25, -0.2) is 4.98 Å². The topological polar surface area (TPSA) is 116 Å². The van der Waals surface area contributed by atoms with Gasteiger partial charge in [0, 0.05) is 17.0 Å². The van der Waals surface area contributed by atoms with E-state index in [9.17, 15) is 14.9 Å². The summed E-state index contributed by atoms with van der Waals surface area (Å²) in [6.45, 7) is 4.17. The molecule has 0 aliphatic carbocycles. The van der Waals surface area contributed by atoms with Crippen molar-refractivity contribution in [2.75, 3.05) is 18.6 Å². The van der Waals surface area contributed by atoms with Gasteiger partial charge >= 0.3 is 11.7 Å². The zero-order valence-corrected chi connectivity index (χ0v) is 15.1. The fourth-order valence-electron chi connectivity index (χ4n) is 2.00. The number of anilines is 1. The maximum absolute atomic E-state index is 11.4. The summed E-state index contributed by atoms with van der Waals surface area (Å²) in [5.74, 6) is -0.124. The van der Waals surface area contributed by atoms with Gasteiger partial charge in [0.15, 0.2) is 5.75 Å². The fraction of sp³-hybridized carbons (Fsp3) is 0.312. The number of aromatic nitrogens is 1. The van der Waals surface area contributed by atoms with Crippen LogP contribution in [0.25, 0.3) is 0 Å². The maximum Gasteiger partial charge on any atom is 0.311 e. The highest BCUT2D eigenvalue weighted by atomic mass is 32.1. The van der Waals surface area contributed by atoms with Crippen LogP contribution >= 0.6 is 11.3 Å². The molecule has 0 bridgehead atoms. The van der Waals surface area contributed by atoms with Crippen LogP contribution in [0.3, 0.4) is 0 Å². The van der Waals surface area contributed by atoms with Gasteiger partial charge in [0.25, 0.3) is 0 Å². The first-order valence-electron chi connectivity index (χ1n) is 7.83. The lowest BCUT2D eigenvalue weighted by Crippen LogP contribution is -2.07. The third-order valence-corrected chi connectivity index (χ3v) is 3.83. The second-order valence-electron chi connectivity index (χ2n) is 4.91. The highest BCUT2D eigenvalue weighted by Gasteiger charge is 2.15. The molecule has 0 radical (unpaired) electrons. The summed E-state index contributed by atoms with van der Waals surface area (Å²) in [5.41, 5.74) is 3.73. The SMILES string of the molecule is CCOC(=O)Cc1csc(N/N=C\c2ccc(OCC)c([N+](=O)[O-])c2)n1. The molecule has 9 nitrogen and oxygen atoms in total. The number of hydrazone groups is 1. The first-order chi connectivity index (χ1) is 12.5. The number of esters is 1. The highest BCUT2D eigenvalue weighted by molar-refractivity contribution is 7.13. The predicted molar refractivity (Wildman–Crippen MR) is 97.9 cm³/mol. The molecular formula is C16H18N4O5S. The van der Waals surface area contributed by atoms with Gasteiger partial charge in [-0.2, -0.15) is 5.10 Å². The van der Waals surface area contributed by atoms with Crippen LogP contribution in [-0.2, 0) is 16.0 Å². The molecule has 0 spiro atoms. The molecule has 2 aromatic rings. The first kappa shape index (κ1) is 19.3. The molecule has 1 heterocycles. The molecule has 1 N–H and O–H groups in total. The van der Waals surface area contributed by atoms with E-state index in [1.165, 1.54) is 29.7 Å². The summed E-state index contributed by atoms with van der Waals surface area (Å²) >= 11 is 1.29. The summed E-state index contributed by atoms with van der Waals surface area (Å²) in [6.07, 6.45) is 1.54. The normalized spacial score (nSPS) is 10.7. The van der Waals surface area contributed by atoms with E-state index in [0.717, 1.165) is 0 Å². The lowest BCUT2D eigenvalue weighted by Gasteiger charge is -2.04. The van der Waals surface area contributed by atoms with Crippen LogP contribution in [0.2, 0.25) is 0 Å². The van der Waals surface area contributed by atoms with Crippen LogP contribution in [0.15, 0.2) is 28.7 Å². The van der Waals surface area contributed by atoms with Crippen LogP contribution < -0.4 is 10.2 Å². The Labute approximate surface area is 153 Å². The molecule has 0 saturated heterocycles. The van der Waals surface area contributed by atoms with Crippen molar-refractivity contribution in [2.24, 2.45) is 5.10 Å². The standard InChI is InChI=1S/C16H18N4O5S/c1-3-24-14-6-5-11(7-13(14)20(22)23)9-17-19-16-18-12(10-26-16)8-15(21)25-4-2/h5-7,9-10H,3-4,8H2,1-2H3,(H,18,19)/b17-9-. The van der Waals surface area contributed by atoms with Gasteiger partial charge in [0.2, 0.25) is 5.13 Å². The summed E-state index contributed by atoms with van der Waals surface area (Å²) in [7, 11) is 0. The Morgan fingerprint density at radius 2 is 2.23 bits per heavy atom. The Kier molecular flexibility index (Phi) is 7.03. The fourth-order valence-corrected chi connectivity index (χ4v) is 2.66. The predicted octanol–water partition coefficient (Wildman–Crippen LogP) is 3.00. The number of benzene rings is 1. The summed E-state index contributed by atoms with van der Waals surface area (Å²) in [4.78, 5) is 26.2. The van der Waals surface area contributed by atoms with E-state index in [0.29, 0.717) is 29.6 Å². The number of nitrogens with one attached hydrogen (secondary N) is 1. The molecule has 0 atom stereocenters. The zero-order valence-electron chi connectivity index (χ0n) is 14.3. The Bertz CT molecular complexity index is 806. The van der Waals surface area contributed by atoms with E-state index in [1.54, 1.807) is 25.3 Å². The number of hydrogen-bond acceptors (Lipinski definition) is 9. The quantitative estimate of drug-likeness (QED) is 0.308. The Hall–Kier alpha value is -3.01. The van der Waals surface area contributed by atoms with Gasteiger partial charge in [-0.1, -0.05) is 0 Å². The number of ether oxygens (including phenoxy) is 2. The molecule has 0 aliphatic heterocycles. The third kappa shape index (κ3) is 5.52. The van der Waals surface area contributed by atoms with E-state index in [1.807, 2.05) is 0 Å². The molecular weight excluding hydrogens is 360 g/mol. The molecule has 0 amide bonds. The number of carbonyl (C=O) groups excluding carboxylic acids is 1. The van der Waals surface area contributed by atoms with Crippen molar-refractivity contribution in [1.82, 2.24) is 4.98 Å². The number of nitrogens with zero attached hydrogens (tertiary/aromatic N) is 3. The molecule has 0 aliphatic rings. The number of nitro groups is 1. The molecule has 2 rings (SSSR count).